The zero-order valence-corrected chi connectivity index (χ0v) is 16.2. The van der Waals surface area contributed by atoms with Crippen LogP contribution in [0.5, 0.6) is 0 Å². The number of benzene rings is 1. The van der Waals surface area contributed by atoms with Crippen molar-refractivity contribution >= 4 is 27.4 Å². The maximum absolute atomic E-state index is 13.9. The van der Waals surface area contributed by atoms with Gasteiger partial charge in [0, 0.05) is 32.2 Å². The van der Waals surface area contributed by atoms with Crippen LogP contribution in [-0.4, -0.2) is 55.0 Å². The summed E-state index contributed by atoms with van der Waals surface area (Å²) in [6, 6.07) is 6.00. The second-order valence-corrected chi connectivity index (χ2v) is 9.85. The number of sulfonamides is 1. The smallest absolute Gasteiger partial charge is 0.246 e. The molecule has 5 nitrogen and oxygen atoms in total. The van der Waals surface area contributed by atoms with Crippen LogP contribution in [0.15, 0.2) is 29.2 Å². The topological polar surface area (TPSA) is 52.7 Å². The summed E-state index contributed by atoms with van der Waals surface area (Å²) in [5.41, 5.74) is 0. The fourth-order valence-electron chi connectivity index (χ4n) is 4.60. The predicted molar refractivity (Wildman–Crippen MR) is 102 cm³/mol. The second-order valence-electron chi connectivity index (χ2n) is 7.55. The fourth-order valence-corrected chi connectivity index (χ4v) is 6.42. The van der Waals surface area contributed by atoms with Gasteiger partial charge in [-0.2, -0.15) is 4.31 Å². The molecule has 1 aromatic carbocycles. The first kappa shape index (κ1) is 18.1. The van der Waals surface area contributed by atoms with Gasteiger partial charge in [-0.1, -0.05) is 18.6 Å². The molecule has 2 saturated carbocycles. The van der Waals surface area contributed by atoms with E-state index in [-0.39, 0.29) is 4.90 Å². The van der Waals surface area contributed by atoms with Gasteiger partial charge in [-0.15, -0.1) is 0 Å². The quantitative estimate of drug-likeness (QED) is 0.793. The molecule has 8 heteroatoms. The summed E-state index contributed by atoms with van der Waals surface area (Å²) in [6.07, 6.45) is 5.16. The van der Waals surface area contributed by atoms with Gasteiger partial charge < -0.3 is 10.2 Å². The average Bonchev–Trinajstić information content (AvgIpc) is 3.25. The van der Waals surface area contributed by atoms with Crippen molar-refractivity contribution < 1.29 is 12.8 Å². The molecular weight excluding hydrogens is 373 g/mol. The van der Waals surface area contributed by atoms with Crippen LogP contribution in [-0.2, 0) is 10.0 Å². The predicted octanol–water partition coefficient (Wildman–Crippen LogP) is 2.20. The van der Waals surface area contributed by atoms with Crippen LogP contribution < -0.4 is 5.32 Å². The number of fused-ring (bicyclic) bond motifs is 2. The molecule has 0 aromatic heterocycles. The Morgan fingerprint density at radius 1 is 1.12 bits per heavy atom. The lowest BCUT2D eigenvalue weighted by Gasteiger charge is -2.37. The molecule has 2 bridgehead atoms. The molecule has 0 spiro atoms. The normalized spacial score (nSPS) is 29.1. The van der Waals surface area contributed by atoms with Gasteiger partial charge in [0.25, 0.3) is 0 Å². The van der Waals surface area contributed by atoms with Gasteiger partial charge in [0.1, 0.15) is 10.7 Å². The molecule has 0 amide bonds. The summed E-state index contributed by atoms with van der Waals surface area (Å²) in [6.45, 7) is 1.69. The van der Waals surface area contributed by atoms with Gasteiger partial charge >= 0.3 is 0 Å². The molecule has 3 atom stereocenters. The van der Waals surface area contributed by atoms with Crippen LogP contribution in [0.3, 0.4) is 0 Å². The van der Waals surface area contributed by atoms with Crippen LogP contribution in [0.1, 0.15) is 25.7 Å². The zero-order valence-electron chi connectivity index (χ0n) is 14.6. The van der Waals surface area contributed by atoms with Crippen molar-refractivity contribution in [2.24, 2.45) is 11.8 Å². The van der Waals surface area contributed by atoms with E-state index in [0.29, 0.717) is 32.2 Å². The van der Waals surface area contributed by atoms with Gasteiger partial charge in [0.15, 0.2) is 5.11 Å². The summed E-state index contributed by atoms with van der Waals surface area (Å²) in [5, 5.41) is 4.23. The van der Waals surface area contributed by atoms with Gasteiger partial charge in [-0.05, 0) is 55.4 Å². The molecule has 1 N–H and O–H groups in total. The van der Waals surface area contributed by atoms with Crippen LogP contribution in [0.2, 0.25) is 0 Å². The minimum absolute atomic E-state index is 0.254. The van der Waals surface area contributed by atoms with Crippen molar-refractivity contribution in [1.82, 2.24) is 14.5 Å². The highest BCUT2D eigenvalue weighted by Gasteiger charge is 2.40. The van der Waals surface area contributed by atoms with Crippen LogP contribution in [0.4, 0.5) is 4.39 Å². The van der Waals surface area contributed by atoms with E-state index in [1.807, 2.05) is 4.90 Å². The number of hydrogen-bond acceptors (Lipinski definition) is 3. The molecule has 4 rings (SSSR count). The van der Waals surface area contributed by atoms with Gasteiger partial charge in [0.05, 0.1) is 0 Å². The molecule has 1 saturated heterocycles. The van der Waals surface area contributed by atoms with Crippen molar-refractivity contribution in [2.75, 3.05) is 26.2 Å². The fraction of sp³-hybridized carbons (Fsp3) is 0.611. The van der Waals surface area contributed by atoms with Crippen molar-refractivity contribution in [1.29, 1.82) is 0 Å². The first-order valence-electron chi connectivity index (χ1n) is 9.25. The standard InChI is InChI=1S/C18H24FN3O2S2/c19-15-3-1-2-4-17(15)26(23,24)22-9-7-21(8-10-22)18(25)20-16-12-13-5-6-14(16)11-13/h1-4,13-14,16H,5-12H2,(H,20,25)/t13-,14-,16-/m1/s1. The molecule has 3 aliphatic rings. The van der Waals surface area contributed by atoms with E-state index in [1.54, 1.807) is 6.07 Å². The number of nitrogens with one attached hydrogen (secondary N) is 1. The summed E-state index contributed by atoms with van der Waals surface area (Å²) < 4.78 is 40.6. The van der Waals surface area contributed by atoms with E-state index in [4.69, 9.17) is 12.2 Å². The Balaban J connectivity index is 1.35. The van der Waals surface area contributed by atoms with E-state index in [9.17, 15) is 12.8 Å². The Morgan fingerprint density at radius 3 is 2.46 bits per heavy atom. The highest BCUT2D eigenvalue weighted by molar-refractivity contribution is 7.89. The Bertz CT molecular complexity index is 793. The number of thiocarbonyl (C=S) groups is 1. The third-order valence-corrected chi connectivity index (χ3v) is 8.34. The number of piperazine rings is 1. The molecule has 1 aromatic rings. The van der Waals surface area contributed by atoms with Crippen molar-refractivity contribution in [3.05, 3.63) is 30.1 Å². The Morgan fingerprint density at radius 2 is 1.85 bits per heavy atom. The zero-order chi connectivity index (χ0) is 18.3. The Hall–Kier alpha value is -1.25. The van der Waals surface area contributed by atoms with Crippen molar-refractivity contribution in [3.8, 4) is 0 Å². The van der Waals surface area contributed by atoms with Crippen LogP contribution >= 0.6 is 12.2 Å². The summed E-state index contributed by atoms with van der Waals surface area (Å²) in [5.74, 6) is 0.882. The van der Waals surface area contributed by atoms with Crippen LogP contribution in [0, 0.1) is 17.7 Å². The molecule has 142 valence electrons. The lowest BCUT2D eigenvalue weighted by molar-refractivity contribution is 0.258. The maximum Gasteiger partial charge on any atom is 0.246 e. The monoisotopic (exact) mass is 397 g/mol. The number of halogens is 1. The van der Waals surface area contributed by atoms with Crippen molar-refractivity contribution in [3.63, 3.8) is 0 Å². The first-order chi connectivity index (χ1) is 12.4. The van der Waals surface area contributed by atoms with E-state index >= 15 is 0 Å². The summed E-state index contributed by atoms with van der Waals surface area (Å²) in [7, 11) is -3.80. The first-order valence-corrected chi connectivity index (χ1v) is 11.1. The average molecular weight is 398 g/mol. The summed E-state index contributed by atoms with van der Waals surface area (Å²) in [4.78, 5) is 1.78. The van der Waals surface area contributed by atoms with E-state index in [1.165, 1.54) is 48.2 Å². The largest absolute Gasteiger partial charge is 0.360 e. The molecule has 26 heavy (non-hydrogen) atoms. The minimum Gasteiger partial charge on any atom is -0.360 e. The molecular formula is C18H24FN3O2S2. The maximum atomic E-state index is 13.9. The molecule has 0 unspecified atom stereocenters. The number of nitrogens with zero attached hydrogens (tertiary/aromatic N) is 2. The van der Waals surface area contributed by atoms with Crippen molar-refractivity contribution in [2.45, 2.75) is 36.6 Å². The molecule has 2 aliphatic carbocycles. The van der Waals surface area contributed by atoms with Gasteiger partial charge in [0.2, 0.25) is 10.0 Å². The lowest BCUT2D eigenvalue weighted by atomic mass is 9.95. The molecule has 3 fully saturated rings. The lowest BCUT2D eigenvalue weighted by Crippen LogP contribution is -2.55. The Labute approximate surface area is 159 Å². The summed E-state index contributed by atoms with van der Waals surface area (Å²) >= 11 is 5.56. The molecule has 0 radical (unpaired) electrons. The Kier molecular flexibility index (Phi) is 4.92. The molecule has 1 aliphatic heterocycles. The van der Waals surface area contributed by atoms with Gasteiger partial charge in [-0.3, -0.25) is 0 Å². The van der Waals surface area contributed by atoms with Gasteiger partial charge in [-0.25, -0.2) is 12.8 Å². The highest BCUT2D eigenvalue weighted by atomic mass is 32.2. The number of rotatable bonds is 3. The third-order valence-electron chi connectivity index (χ3n) is 6.03. The van der Waals surface area contributed by atoms with E-state index in [0.717, 1.165) is 16.9 Å². The third kappa shape index (κ3) is 3.34. The van der Waals surface area contributed by atoms with E-state index in [2.05, 4.69) is 5.32 Å². The minimum atomic E-state index is -3.80. The van der Waals surface area contributed by atoms with Crippen LogP contribution in [0.25, 0.3) is 0 Å². The second kappa shape index (κ2) is 7.05. The number of hydrogen-bond donors (Lipinski definition) is 1. The highest BCUT2D eigenvalue weighted by Crippen LogP contribution is 2.44. The van der Waals surface area contributed by atoms with E-state index < -0.39 is 15.8 Å². The molecule has 1 heterocycles. The SMILES string of the molecule is O=S(=O)(c1ccccc1F)N1CCN(C(=S)N[C@@H]2C[C@@H]3CC[C@@H]2C3)CC1.